The molecule has 0 aliphatic rings. The molecule has 0 saturated heterocycles. The monoisotopic (exact) mass is 337 g/mol. The molecule has 0 unspecified atom stereocenters. The van der Waals surface area contributed by atoms with Crippen molar-refractivity contribution in [3.8, 4) is 5.75 Å². The largest absolute Gasteiger partial charge is 0.494 e. The van der Waals surface area contributed by atoms with E-state index in [9.17, 15) is 9.18 Å². The summed E-state index contributed by atoms with van der Waals surface area (Å²) >= 11 is 3.15. The molecule has 1 N–H and O–H groups in total. The molecule has 104 valence electrons. The zero-order valence-corrected chi connectivity index (χ0v) is 12.4. The molecule has 0 aromatic heterocycles. The van der Waals surface area contributed by atoms with Crippen LogP contribution in [0.4, 0.5) is 10.1 Å². The van der Waals surface area contributed by atoms with Crippen LogP contribution in [0.1, 0.15) is 17.3 Å². The van der Waals surface area contributed by atoms with Gasteiger partial charge in [-0.3, -0.25) is 4.79 Å². The average molecular weight is 338 g/mol. The molecule has 2 aromatic carbocycles. The summed E-state index contributed by atoms with van der Waals surface area (Å²) in [5.74, 6) is -0.414. The van der Waals surface area contributed by atoms with Gasteiger partial charge in [0.1, 0.15) is 11.6 Å². The van der Waals surface area contributed by atoms with Gasteiger partial charge in [-0.05, 0) is 37.3 Å². The smallest absolute Gasteiger partial charge is 0.258 e. The van der Waals surface area contributed by atoms with Gasteiger partial charge in [-0.2, -0.15) is 0 Å². The lowest BCUT2D eigenvalue weighted by Crippen LogP contribution is -2.13. The molecule has 3 nitrogen and oxygen atoms in total. The minimum absolute atomic E-state index is 0.00462. The second kappa shape index (κ2) is 6.52. The van der Waals surface area contributed by atoms with Gasteiger partial charge >= 0.3 is 0 Å². The molecule has 0 aliphatic carbocycles. The van der Waals surface area contributed by atoms with E-state index in [4.69, 9.17) is 4.74 Å². The zero-order valence-electron chi connectivity index (χ0n) is 10.8. The Balaban J connectivity index is 2.17. The summed E-state index contributed by atoms with van der Waals surface area (Å²) in [5, 5.41) is 2.64. The third kappa shape index (κ3) is 3.57. The standard InChI is InChI=1S/C15H13BrFNO2/c1-2-20-12-5-3-4-11(9-12)18-15(19)13-7-6-10(16)8-14(13)17/h3-9H,2H2,1H3,(H,18,19). The molecular formula is C15H13BrFNO2. The number of ether oxygens (including phenoxy) is 1. The van der Waals surface area contributed by atoms with Gasteiger partial charge in [-0.1, -0.05) is 22.0 Å². The number of carbonyl (C=O) groups is 1. The Morgan fingerprint density at radius 1 is 1.30 bits per heavy atom. The fourth-order valence-corrected chi connectivity index (χ4v) is 2.04. The van der Waals surface area contributed by atoms with Crippen LogP contribution >= 0.6 is 15.9 Å². The van der Waals surface area contributed by atoms with Crippen LogP contribution in [-0.2, 0) is 0 Å². The number of halogens is 2. The molecule has 5 heteroatoms. The van der Waals surface area contributed by atoms with Crippen LogP contribution in [0, 0.1) is 5.82 Å². The number of benzene rings is 2. The molecule has 0 atom stereocenters. The summed E-state index contributed by atoms with van der Waals surface area (Å²) in [4.78, 5) is 12.0. The topological polar surface area (TPSA) is 38.3 Å². The number of hydrogen-bond acceptors (Lipinski definition) is 2. The molecule has 0 aliphatic heterocycles. The Kier molecular flexibility index (Phi) is 4.74. The van der Waals surface area contributed by atoms with Gasteiger partial charge in [-0.15, -0.1) is 0 Å². The summed E-state index contributed by atoms with van der Waals surface area (Å²) in [7, 11) is 0. The molecule has 0 bridgehead atoms. The Bertz CT molecular complexity index is 631. The van der Waals surface area contributed by atoms with Crippen LogP contribution in [0.2, 0.25) is 0 Å². The molecule has 1 amide bonds. The van der Waals surface area contributed by atoms with Gasteiger partial charge in [0.25, 0.3) is 5.91 Å². The molecule has 0 heterocycles. The van der Waals surface area contributed by atoms with E-state index < -0.39 is 11.7 Å². The highest BCUT2D eigenvalue weighted by atomic mass is 79.9. The van der Waals surface area contributed by atoms with Crippen molar-refractivity contribution in [3.05, 3.63) is 58.3 Å². The number of carbonyl (C=O) groups excluding carboxylic acids is 1. The number of amides is 1. The van der Waals surface area contributed by atoms with Crippen LogP contribution in [0.15, 0.2) is 46.9 Å². The highest BCUT2D eigenvalue weighted by molar-refractivity contribution is 9.10. The lowest BCUT2D eigenvalue weighted by Gasteiger charge is -2.08. The summed E-state index contributed by atoms with van der Waals surface area (Å²) < 4.78 is 19.6. The van der Waals surface area contributed by atoms with E-state index in [1.165, 1.54) is 12.1 Å². The van der Waals surface area contributed by atoms with Gasteiger partial charge in [0.2, 0.25) is 0 Å². The van der Waals surface area contributed by atoms with Crippen LogP contribution < -0.4 is 10.1 Å². The number of anilines is 1. The molecule has 0 spiro atoms. The third-order valence-electron chi connectivity index (χ3n) is 2.58. The third-order valence-corrected chi connectivity index (χ3v) is 3.07. The number of rotatable bonds is 4. The van der Waals surface area contributed by atoms with Crippen LogP contribution in [0.5, 0.6) is 5.75 Å². The molecule has 2 aromatic rings. The molecule has 20 heavy (non-hydrogen) atoms. The van der Waals surface area contributed by atoms with Crippen molar-refractivity contribution in [1.82, 2.24) is 0 Å². The first-order chi connectivity index (χ1) is 9.60. The average Bonchev–Trinajstić information content (AvgIpc) is 2.39. The van der Waals surface area contributed by atoms with Crippen LogP contribution in [0.3, 0.4) is 0 Å². The molecule has 0 radical (unpaired) electrons. The maximum atomic E-state index is 13.7. The summed E-state index contributed by atoms with van der Waals surface area (Å²) in [6.45, 7) is 2.42. The lowest BCUT2D eigenvalue weighted by molar-refractivity contribution is 0.102. The molecule has 0 saturated carbocycles. The predicted molar refractivity (Wildman–Crippen MR) is 79.7 cm³/mol. The van der Waals surface area contributed by atoms with E-state index in [1.54, 1.807) is 30.3 Å². The fraction of sp³-hybridized carbons (Fsp3) is 0.133. The van der Waals surface area contributed by atoms with Crippen molar-refractivity contribution in [2.75, 3.05) is 11.9 Å². The van der Waals surface area contributed by atoms with E-state index in [2.05, 4.69) is 21.2 Å². The molecule has 0 fully saturated rings. The summed E-state index contributed by atoms with van der Waals surface area (Å²) in [6.07, 6.45) is 0. The first-order valence-corrected chi connectivity index (χ1v) is 6.88. The Morgan fingerprint density at radius 3 is 2.80 bits per heavy atom. The van der Waals surface area contributed by atoms with Gasteiger partial charge in [0.05, 0.1) is 12.2 Å². The van der Waals surface area contributed by atoms with Crippen molar-refractivity contribution in [2.45, 2.75) is 6.92 Å². The van der Waals surface area contributed by atoms with E-state index in [0.29, 0.717) is 22.5 Å². The summed E-state index contributed by atoms with van der Waals surface area (Å²) in [5.41, 5.74) is 0.554. The maximum absolute atomic E-state index is 13.7. The van der Waals surface area contributed by atoms with Gasteiger partial charge in [0.15, 0.2) is 0 Å². The quantitative estimate of drug-likeness (QED) is 0.906. The predicted octanol–water partition coefficient (Wildman–Crippen LogP) is 4.24. The highest BCUT2D eigenvalue weighted by Gasteiger charge is 2.12. The van der Waals surface area contributed by atoms with Crippen molar-refractivity contribution in [2.24, 2.45) is 0 Å². The van der Waals surface area contributed by atoms with Gasteiger partial charge in [0, 0.05) is 16.2 Å². The van der Waals surface area contributed by atoms with Crippen LogP contribution in [0.25, 0.3) is 0 Å². The van der Waals surface area contributed by atoms with E-state index >= 15 is 0 Å². The molecular weight excluding hydrogens is 325 g/mol. The second-order valence-corrected chi connectivity index (χ2v) is 4.95. The van der Waals surface area contributed by atoms with Crippen LogP contribution in [-0.4, -0.2) is 12.5 Å². The lowest BCUT2D eigenvalue weighted by atomic mass is 10.2. The Hall–Kier alpha value is -1.88. The van der Waals surface area contributed by atoms with E-state index in [1.807, 2.05) is 6.92 Å². The highest BCUT2D eigenvalue weighted by Crippen LogP contribution is 2.20. The van der Waals surface area contributed by atoms with E-state index in [-0.39, 0.29) is 5.56 Å². The molecule has 2 rings (SSSR count). The Labute approximate surface area is 124 Å². The van der Waals surface area contributed by atoms with Crippen molar-refractivity contribution in [1.29, 1.82) is 0 Å². The first-order valence-electron chi connectivity index (χ1n) is 6.09. The van der Waals surface area contributed by atoms with Crippen molar-refractivity contribution in [3.63, 3.8) is 0 Å². The maximum Gasteiger partial charge on any atom is 0.258 e. The SMILES string of the molecule is CCOc1cccc(NC(=O)c2ccc(Br)cc2F)c1. The van der Waals surface area contributed by atoms with E-state index in [0.717, 1.165) is 0 Å². The van der Waals surface area contributed by atoms with Gasteiger partial charge < -0.3 is 10.1 Å². The number of hydrogen-bond donors (Lipinski definition) is 1. The minimum Gasteiger partial charge on any atom is -0.494 e. The normalized spacial score (nSPS) is 10.2. The minimum atomic E-state index is -0.571. The summed E-state index contributed by atoms with van der Waals surface area (Å²) in [6, 6.07) is 11.3. The fourth-order valence-electron chi connectivity index (χ4n) is 1.70. The van der Waals surface area contributed by atoms with Crippen molar-refractivity contribution >= 4 is 27.5 Å². The van der Waals surface area contributed by atoms with Gasteiger partial charge in [-0.25, -0.2) is 4.39 Å². The number of nitrogens with one attached hydrogen (secondary N) is 1. The second-order valence-electron chi connectivity index (χ2n) is 4.04. The van der Waals surface area contributed by atoms with Crippen molar-refractivity contribution < 1.29 is 13.9 Å². The zero-order chi connectivity index (χ0) is 14.5. The Morgan fingerprint density at radius 2 is 2.10 bits per heavy atom. The first kappa shape index (κ1) is 14.5.